The molecule has 0 aliphatic heterocycles. The fraction of sp³-hybridized carbons (Fsp3) is 0.158. The molecule has 9 heteroatoms. The van der Waals surface area contributed by atoms with Gasteiger partial charge in [0.1, 0.15) is 11.6 Å². The van der Waals surface area contributed by atoms with E-state index in [0.717, 1.165) is 27.5 Å². The molecule has 7 nitrogen and oxygen atoms in total. The maximum atomic E-state index is 12.4. The lowest BCUT2D eigenvalue weighted by Crippen LogP contribution is -2.14. The largest absolute Gasteiger partial charge is 0.497 e. The predicted octanol–water partition coefficient (Wildman–Crippen LogP) is 3.92. The van der Waals surface area contributed by atoms with Crippen molar-refractivity contribution in [3.05, 3.63) is 54.4 Å². The molecule has 0 saturated carbocycles. The van der Waals surface area contributed by atoms with E-state index in [-0.39, 0.29) is 11.7 Å². The highest BCUT2D eigenvalue weighted by Gasteiger charge is 2.14. The van der Waals surface area contributed by atoms with Crippen LogP contribution in [-0.2, 0) is 4.79 Å². The van der Waals surface area contributed by atoms with Crippen LogP contribution < -0.4 is 10.1 Å². The Kier molecular flexibility index (Phi) is 5.27. The molecule has 2 aromatic carbocycles. The average Bonchev–Trinajstić information content (AvgIpc) is 3.28. The quantitative estimate of drug-likeness (QED) is 0.484. The van der Waals surface area contributed by atoms with Crippen molar-refractivity contribution in [3.63, 3.8) is 0 Å². The SMILES string of the molecule is COc1ccc2nc(NC(=O)CSc3nnc(C)n3-c3ccccc3)sc2c1. The van der Waals surface area contributed by atoms with Crippen LogP contribution in [0.25, 0.3) is 15.9 Å². The topological polar surface area (TPSA) is 81.9 Å². The molecule has 4 rings (SSSR count). The van der Waals surface area contributed by atoms with Crippen LogP contribution in [0.2, 0.25) is 0 Å². The van der Waals surface area contributed by atoms with Gasteiger partial charge in [-0.05, 0) is 37.3 Å². The minimum absolute atomic E-state index is 0.142. The summed E-state index contributed by atoms with van der Waals surface area (Å²) in [7, 11) is 1.62. The van der Waals surface area contributed by atoms with Crippen molar-refractivity contribution in [3.8, 4) is 11.4 Å². The zero-order valence-corrected chi connectivity index (χ0v) is 16.9. The summed E-state index contributed by atoms with van der Waals surface area (Å²) in [5, 5.41) is 12.4. The Bertz CT molecular complexity index is 1120. The summed E-state index contributed by atoms with van der Waals surface area (Å²) in [6, 6.07) is 15.5. The predicted molar refractivity (Wildman–Crippen MR) is 112 cm³/mol. The van der Waals surface area contributed by atoms with Crippen molar-refractivity contribution >= 4 is 44.4 Å². The van der Waals surface area contributed by atoms with E-state index in [4.69, 9.17) is 4.74 Å². The summed E-state index contributed by atoms with van der Waals surface area (Å²) in [6.07, 6.45) is 0. The highest BCUT2D eigenvalue weighted by atomic mass is 32.2. The molecule has 0 radical (unpaired) electrons. The van der Waals surface area contributed by atoms with Gasteiger partial charge in [0.15, 0.2) is 10.3 Å². The highest BCUT2D eigenvalue weighted by molar-refractivity contribution is 7.99. The Labute approximate surface area is 169 Å². The van der Waals surface area contributed by atoms with Crippen molar-refractivity contribution in [2.75, 3.05) is 18.2 Å². The van der Waals surface area contributed by atoms with Crippen LogP contribution in [0.5, 0.6) is 5.75 Å². The molecule has 0 aliphatic rings. The number of para-hydroxylation sites is 1. The lowest BCUT2D eigenvalue weighted by molar-refractivity contribution is -0.113. The van der Waals surface area contributed by atoms with Gasteiger partial charge >= 0.3 is 0 Å². The van der Waals surface area contributed by atoms with Gasteiger partial charge in [-0.3, -0.25) is 9.36 Å². The van der Waals surface area contributed by atoms with E-state index in [1.807, 2.05) is 60.0 Å². The number of thiazole rings is 1. The molecule has 0 atom stereocenters. The van der Waals surface area contributed by atoms with E-state index in [0.29, 0.717) is 10.3 Å². The second-order valence-electron chi connectivity index (χ2n) is 5.89. The van der Waals surface area contributed by atoms with E-state index >= 15 is 0 Å². The Hall–Kier alpha value is -2.91. The number of methoxy groups -OCH3 is 1. The number of hydrogen-bond acceptors (Lipinski definition) is 7. The maximum Gasteiger partial charge on any atom is 0.236 e. The van der Waals surface area contributed by atoms with Crippen molar-refractivity contribution < 1.29 is 9.53 Å². The summed E-state index contributed by atoms with van der Waals surface area (Å²) in [4.78, 5) is 16.8. The van der Waals surface area contributed by atoms with Crippen LogP contribution in [0.1, 0.15) is 5.82 Å². The smallest absolute Gasteiger partial charge is 0.236 e. The van der Waals surface area contributed by atoms with Crippen molar-refractivity contribution in [2.24, 2.45) is 0 Å². The number of amides is 1. The molecule has 0 aliphatic carbocycles. The summed E-state index contributed by atoms with van der Waals surface area (Å²) in [5.74, 6) is 1.61. The van der Waals surface area contributed by atoms with E-state index in [9.17, 15) is 4.79 Å². The molecule has 1 N–H and O–H groups in total. The molecule has 0 unspecified atom stereocenters. The number of hydrogen-bond donors (Lipinski definition) is 1. The number of aryl methyl sites for hydroxylation is 1. The van der Waals surface area contributed by atoms with Crippen molar-refractivity contribution in [1.29, 1.82) is 0 Å². The van der Waals surface area contributed by atoms with Crippen LogP contribution in [0, 0.1) is 6.92 Å². The van der Waals surface area contributed by atoms with E-state index in [1.54, 1.807) is 7.11 Å². The van der Waals surface area contributed by atoms with E-state index in [1.165, 1.54) is 23.1 Å². The molecule has 1 amide bonds. The first kappa shape index (κ1) is 18.5. The summed E-state index contributed by atoms with van der Waals surface area (Å²) in [6.45, 7) is 1.89. The molecule has 2 heterocycles. The van der Waals surface area contributed by atoms with Crippen LogP contribution in [0.15, 0.2) is 53.7 Å². The summed E-state index contributed by atoms with van der Waals surface area (Å²) < 4.78 is 8.12. The number of nitrogens with one attached hydrogen (secondary N) is 1. The number of ether oxygens (including phenoxy) is 1. The van der Waals surface area contributed by atoms with Gasteiger partial charge in [-0.2, -0.15) is 0 Å². The number of aromatic nitrogens is 4. The van der Waals surface area contributed by atoms with Gasteiger partial charge in [0, 0.05) is 5.69 Å². The lowest BCUT2D eigenvalue weighted by atomic mass is 10.3. The molecule has 142 valence electrons. The van der Waals surface area contributed by atoms with Gasteiger partial charge < -0.3 is 10.1 Å². The Morgan fingerprint density at radius 2 is 2.04 bits per heavy atom. The van der Waals surface area contributed by atoms with E-state index in [2.05, 4.69) is 20.5 Å². The first-order chi connectivity index (χ1) is 13.6. The number of nitrogens with zero attached hydrogens (tertiary/aromatic N) is 4. The molecular weight excluding hydrogens is 394 g/mol. The van der Waals surface area contributed by atoms with Crippen molar-refractivity contribution in [1.82, 2.24) is 19.7 Å². The number of carbonyl (C=O) groups is 1. The number of rotatable bonds is 6. The average molecular weight is 412 g/mol. The molecule has 0 saturated heterocycles. The molecule has 0 fully saturated rings. The van der Waals surface area contributed by atoms with Gasteiger partial charge in [0.05, 0.1) is 23.1 Å². The first-order valence-corrected chi connectivity index (χ1v) is 10.3. The van der Waals surface area contributed by atoms with Gasteiger partial charge in [0.2, 0.25) is 5.91 Å². The van der Waals surface area contributed by atoms with Crippen LogP contribution in [0.4, 0.5) is 5.13 Å². The fourth-order valence-electron chi connectivity index (χ4n) is 2.68. The fourth-order valence-corrected chi connectivity index (χ4v) is 4.39. The minimum Gasteiger partial charge on any atom is -0.497 e. The Balaban J connectivity index is 1.44. The van der Waals surface area contributed by atoms with Crippen LogP contribution in [0.3, 0.4) is 0 Å². The summed E-state index contributed by atoms with van der Waals surface area (Å²) >= 11 is 2.75. The molecule has 2 aromatic heterocycles. The number of benzene rings is 2. The summed E-state index contributed by atoms with van der Waals surface area (Å²) in [5.41, 5.74) is 1.79. The second kappa shape index (κ2) is 7.99. The first-order valence-electron chi connectivity index (χ1n) is 8.49. The zero-order valence-electron chi connectivity index (χ0n) is 15.2. The standard InChI is InChI=1S/C19H17N5O2S2/c1-12-22-23-19(24(12)13-6-4-3-5-7-13)27-11-17(25)21-18-20-15-9-8-14(26-2)10-16(15)28-18/h3-10H,11H2,1-2H3,(H,20,21,25). The third-order valence-corrected chi connectivity index (χ3v) is 5.85. The van der Waals surface area contributed by atoms with Gasteiger partial charge in [-0.1, -0.05) is 41.3 Å². The Morgan fingerprint density at radius 1 is 1.21 bits per heavy atom. The van der Waals surface area contributed by atoms with Crippen molar-refractivity contribution in [2.45, 2.75) is 12.1 Å². The third-order valence-electron chi connectivity index (χ3n) is 3.98. The zero-order chi connectivity index (χ0) is 19.5. The maximum absolute atomic E-state index is 12.4. The molecule has 4 aromatic rings. The third kappa shape index (κ3) is 3.85. The van der Waals surface area contributed by atoms with Crippen LogP contribution >= 0.6 is 23.1 Å². The number of anilines is 1. The number of carbonyl (C=O) groups excluding carboxylic acids is 1. The lowest BCUT2D eigenvalue weighted by Gasteiger charge is -2.07. The molecule has 28 heavy (non-hydrogen) atoms. The Morgan fingerprint density at radius 3 is 2.82 bits per heavy atom. The second-order valence-corrected chi connectivity index (χ2v) is 7.86. The molecule has 0 spiro atoms. The number of fused-ring (bicyclic) bond motifs is 1. The van der Waals surface area contributed by atoms with Gasteiger partial charge in [-0.25, -0.2) is 4.98 Å². The van der Waals surface area contributed by atoms with Gasteiger partial charge in [0.25, 0.3) is 0 Å². The molecular formula is C19H17N5O2S2. The normalized spacial score (nSPS) is 10.9. The molecule has 0 bridgehead atoms. The number of thioether (sulfide) groups is 1. The highest BCUT2D eigenvalue weighted by Crippen LogP contribution is 2.29. The van der Waals surface area contributed by atoms with Crippen LogP contribution in [-0.4, -0.2) is 38.5 Å². The van der Waals surface area contributed by atoms with Gasteiger partial charge in [-0.15, -0.1) is 10.2 Å². The van der Waals surface area contributed by atoms with E-state index < -0.39 is 0 Å². The minimum atomic E-state index is -0.142. The monoisotopic (exact) mass is 411 g/mol.